The first-order valence-corrected chi connectivity index (χ1v) is 8.43. The molecule has 0 aliphatic carbocycles. The topological polar surface area (TPSA) is 49.3 Å². The summed E-state index contributed by atoms with van der Waals surface area (Å²) >= 11 is 3.33. The molecule has 0 saturated carbocycles. The Morgan fingerprint density at radius 3 is 2.79 bits per heavy atom. The summed E-state index contributed by atoms with van der Waals surface area (Å²) in [6, 6.07) is 10.2. The van der Waals surface area contributed by atoms with Crippen LogP contribution in [-0.2, 0) is 4.79 Å². The summed E-state index contributed by atoms with van der Waals surface area (Å²) < 4.78 is 0. The van der Waals surface area contributed by atoms with Gasteiger partial charge in [-0.15, -0.1) is 23.5 Å². The van der Waals surface area contributed by atoms with E-state index in [9.17, 15) is 4.79 Å². The predicted molar refractivity (Wildman–Crippen MR) is 83.8 cm³/mol. The van der Waals surface area contributed by atoms with Crippen LogP contribution in [0.5, 0.6) is 0 Å². The number of nitrogens with one attached hydrogen (secondary N) is 1. The van der Waals surface area contributed by atoms with Crippen molar-refractivity contribution < 1.29 is 9.90 Å². The van der Waals surface area contributed by atoms with E-state index in [1.54, 1.807) is 23.5 Å². The van der Waals surface area contributed by atoms with Crippen LogP contribution in [0.3, 0.4) is 0 Å². The first-order chi connectivity index (χ1) is 9.22. The van der Waals surface area contributed by atoms with Crippen molar-refractivity contribution in [2.24, 2.45) is 0 Å². The number of thioether (sulfide) groups is 2. The van der Waals surface area contributed by atoms with Crippen LogP contribution in [0.25, 0.3) is 0 Å². The molecule has 19 heavy (non-hydrogen) atoms. The summed E-state index contributed by atoms with van der Waals surface area (Å²) in [5.41, 5.74) is 0. The number of carbonyl (C=O) groups excluding carboxylic acids is 1. The van der Waals surface area contributed by atoms with Gasteiger partial charge in [0.15, 0.2) is 0 Å². The Morgan fingerprint density at radius 1 is 1.37 bits per heavy atom. The third-order valence-electron chi connectivity index (χ3n) is 2.47. The molecule has 0 spiro atoms. The van der Waals surface area contributed by atoms with Gasteiger partial charge in [-0.05, 0) is 18.6 Å². The van der Waals surface area contributed by atoms with Gasteiger partial charge in [0.05, 0.1) is 5.75 Å². The minimum Gasteiger partial charge on any atom is -0.396 e. The van der Waals surface area contributed by atoms with Gasteiger partial charge in [-0.25, -0.2) is 0 Å². The highest BCUT2D eigenvalue weighted by Crippen LogP contribution is 2.16. The lowest BCUT2D eigenvalue weighted by atomic mass is 10.3. The Kier molecular flexibility index (Phi) is 8.79. The van der Waals surface area contributed by atoms with Gasteiger partial charge in [0.2, 0.25) is 5.91 Å². The maximum Gasteiger partial charge on any atom is 0.230 e. The molecule has 2 N–H and O–H groups in total. The zero-order valence-corrected chi connectivity index (χ0v) is 12.8. The molecule has 1 aromatic carbocycles. The van der Waals surface area contributed by atoms with Crippen molar-refractivity contribution in [3.05, 3.63) is 30.3 Å². The Labute approximate surface area is 123 Å². The lowest BCUT2D eigenvalue weighted by molar-refractivity contribution is -0.118. The molecule has 0 saturated heterocycles. The van der Waals surface area contributed by atoms with E-state index in [1.807, 2.05) is 25.1 Å². The third-order valence-corrected chi connectivity index (χ3v) is 4.72. The maximum atomic E-state index is 11.6. The van der Waals surface area contributed by atoms with Crippen molar-refractivity contribution in [2.45, 2.75) is 23.5 Å². The summed E-state index contributed by atoms with van der Waals surface area (Å²) in [7, 11) is 0. The molecule has 0 fully saturated rings. The standard InChI is InChI=1S/C14H21NO2S2/c1-12(7-9-16)19-11-14(17)15-8-10-18-13-5-3-2-4-6-13/h2-6,12,16H,7-11H2,1H3,(H,15,17). The highest BCUT2D eigenvalue weighted by atomic mass is 32.2. The van der Waals surface area contributed by atoms with Crippen molar-refractivity contribution >= 4 is 29.4 Å². The number of aliphatic hydroxyl groups is 1. The zero-order valence-electron chi connectivity index (χ0n) is 11.2. The fourth-order valence-corrected chi connectivity index (χ4v) is 3.01. The van der Waals surface area contributed by atoms with E-state index < -0.39 is 0 Å². The van der Waals surface area contributed by atoms with Gasteiger partial charge in [-0.2, -0.15) is 0 Å². The smallest absolute Gasteiger partial charge is 0.230 e. The molecule has 106 valence electrons. The van der Waals surface area contributed by atoms with E-state index in [-0.39, 0.29) is 12.5 Å². The molecule has 1 aromatic rings. The van der Waals surface area contributed by atoms with Gasteiger partial charge in [0.25, 0.3) is 0 Å². The second-order valence-corrected chi connectivity index (χ2v) is 6.74. The zero-order chi connectivity index (χ0) is 13.9. The van der Waals surface area contributed by atoms with Crippen molar-refractivity contribution in [2.75, 3.05) is 24.7 Å². The Hall–Kier alpha value is -0.650. The highest BCUT2D eigenvalue weighted by molar-refractivity contribution is 8.00. The third kappa shape index (κ3) is 8.18. The molecular weight excluding hydrogens is 278 g/mol. The van der Waals surface area contributed by atoms with Gasteiger partial charge in [0.1, 0.15) is 0 Å². The lowest BCUT2D eigenvalue weighted by Crippen LogP contribution is -2.28. The highest BCUT2D eigenvalue weighted by Gasteiger charge is 2.06. The summed E-state index contributed by atoms with van der Waals surface area (Å²) in [6.07, 6.45) is 0.738. The van der Waals surface area contributed by atoms with E-state index in [0.29, 0.717) is 17.5 Å². The quantitative estimate of drug-likeness (QED) is 0.543. The number of hydrogen-bond donors (Lipinski definition) is 2. The Balaban J connectivity index is 2.04. The predicted octanol–water partition coefficient (Wildman–Crippen LogP) is 2.40. The number of carbonyl (C=O) groups is 1. The van der Waals surface area contributed by atoms with Crippen molar-refractivity contribution in [1.29, 1.82) is 0 Å². The molecule has 1 unspecified atom stereocenters. The van der Waals surface area contributed by atoms with Crippen molar-refractivity contribution in [1.82, 2.24) is 5.32 Å². The van der Waals surface area contributed by atoms with Crippen LogP contribution < -0.4 is 5.32 Å². The van der Waals surface area contributed by atoms with E-state index >= 15 is 0 Å². The van der Waals surface area contributed by atoms with Gasteiger partial charge in [-0.3, -0.25) is 4.79 Å². The van der Waals surface area contributed by atoms with Gasteiger partial charge >= 0.3 is 0 Å². The Morgan fingerprint density at radius 2 is 2.11 bits per heavy atom. The molecule has 0 radical (unpaired) electrons. The van der Waals surface area contributed by atoms with Crippen LogP contribution in [0, 0.1) is 0 Å². The monoisotopic (exact) mass is 299 g/mol. The molecule has 0 heterocycles. The van der Waals surface area contributed by atoms with Crippen LogP contribution in [0.2, 0.25) is 0 Å². The average molecular weight is 299 g/mol. The second-order valence-electron chi connectivity index (χ2n) is 4.15. The molecule has 1 amide bonds. The van der Waals surface area contributed by atoms with Crippen molar-refractivity contribution in [3.8, 4) is 0 Å². The summed E-state index contributed by atoms with van der Waals surface area (Å²) in [6.45, 7) is 2.90. The molecule has 0 aliphatic heterocycles. The number of hydrogen-bond acceptors (Lipinski definition) is 4. The summed E-state index contributed by atoms with van der Waals surface area (Å²) in [5, 5.41) is 12.0. The molecule has 3 nitrogen and oxygen atoms in total. The maximum absolute atomic E-state index is 11.6. The molecule has 0 bridgehead atoms. The SMILES string of the molecule is CC(CCO)SCC(=O)NCCSc1ccccc1. The van der Waals surface area contributed by atoms with E-state index in [1.165, 1.54) is 4.90 Å². The second kappa shape index (κ2) is 10.2. The summed E-state index contributed by atoms with van der Waals surface area (Å²) in [5.74, 6) is 1.42. The van der Waals surface area contributed by atoms with E-state index in [4.69, 9.17) is 5.11 Å². The molecule has 1 atom stereocenters. The van der Waals surface area contributed by atoms with Crippen LogP contribution in [0.1, 0.15) is 13.3 Å². The van der Waals surface area contributed by atoms with Crippen LogP contribution in [-0.4, -0.2) is 40.9 Å². The average Bonchev–Trinajstić information content (AvgIpc) is 2.43. The normalized spacial score (nSPS) is 12.1. The number of benzene rings is 1. The van der Waals surface area contributed by atoms with Crippen molar-refractivity contribution in [3.63, 3.8) is 0 Å². The number of amides is 1. The molecule has 5 heteroatoms. The summed E-state index contributed by atoms with van der Waals surface area (Å²) in [4.78, 5) is 12.8. The fourth-order valence-electron chi connectivity index (χ4n) is 1.41. The lowest BCUT2D eigenvalue weighted by Gasteiger charge is -2.09. The van der Waals surface area contributed by atoms with E-state index in [2.05, 4.69) is 17.4 Å². The van der Waals surface area contributed by atoms with Crippen LogP contribution in [0.15, 0.2) is 35.2 Å². The molecule has 0 aromatic heterocycles. The minimum atomic E-state index is 0.0726. The first-order valence-electron chi connectivity index (χ1n) is 6.39. The van der Waals surface area contributed by atoms with Gasteiger partial charge < -0.3 is 10.4 Å². The number of rotatable bonds is 9. The van der Waals surface area contributed by atoms with E-state index in [0.717, 1.165) is 12.2 Å². The Bertz CT molecular complexity index is 360. The van der Waals surface area contributed by atoms with Crippen LogP contribution >= 0.6 is 23.5 Å². The molecular formula is C14H21NO2S2. The fraction of sp³-hybridized carbons (Fsp3) is 0.500. The molecule has 1 rings (SSSR count). The number of aliphatic hydroxyl groups excluding tert-OH is 1. The minimum absolute atomic E-state index is 0.0726. The first kappa shape index (κ1) is 16.4. The van der Waals surface area contributed by atoms with Crippen LogP contribution in [0.4, 0.5) is 0 Å². The molecule has 0 aliphatic rings. The van der Waals surface area contributed by atoms with Gasteiger partial charge in [0, 0.05) is 29.0 Å². The largest absolute Gasteiger partial charge is 0.396 e. The van der Waals surface area contributed by atoms with Gasteiger partial charge in [-0.1, -0.05) is 25.1 Å².